The van der Waals surface area contributed by atoms with E-state index in [1.165, 1.54) is 11.0 Å². The minimum atomic E-state index is -3.45. The van der Waals surface area contributed by atoms with Crippen LogP contribution in [0.4, 0.5) is 0 Å². The maximum Gasteiger partial charge on any atom is 0.339 e. The Bertz CT molecular complexity index is 709. The number of furan rings is 1. The van der Waals surface area contributed by atoms with Gasteiger partial charge in [-0.05, 0) is 6.42 Å². The highest BCUT2D eigenvalue weighted by Gasteiger charge is 2.36. The van der Waals surface area contributed by atoms with E-state index in [0.717, 1.165) is 0 Å². The van der Waals surface area contributed by atoms with Crippen LogP contribution in [0.15, 0.2) is 10.5 Å². The molecule has 1 aliphatic heterocycles. The van der Waals surface area contributed by atoms with Gasteiger partial charge in [-0.1, -0.05) is 13.8 Å². The van der Waals surface area contributed by atoms with Gasteiger partial charge in [-0.25, -0.2) is 17.9 Å². The van der Waals surface area contributed by atoms with Crippen molar-refractivity contribution in [3.63, 3.8) is 0 Å². The van der Waals surface area contributed by atoms with Gasteiger partial charge in [0.25, 0.3) is 5.91 Å². The predicted molar refractivity (Wildman–Crippen MR) is 82.0 cm³/mol. The number of carboxylic acids is 1. The van der Waals surface area contributed by atoms with Crippen molar-refractivity contribution in [2.24, 2.45) is 0 Å². The average molecular weight is 344 g/mol. The van der Waals surface area contributed by atoms with Crippen LogP contribution in [0.25, 0.3) is 0 Å². The lowest BCUT2D eigenvalue weighted by atomic mass is 10.2. The Morgan fingerprint density at radius 2 is 2.13 bits per heavy atom. The number of rotatable bonds is 6. The summed E-state index contributed by atoms with van der Waals surface area (Å²) in [7, 11) is -3.45. The Morgan fingerprint density at radius 1 is 1.43 bits per heavy atom. The summed E-state index contributed by atoms with van der Waals surface area (Å²) in [5.41, 5.74) is -0.0353. The van der Waals surface area contributed by atoms with Crippen molar-refractivity contribution in [1.82, 2.24) is 9.62 Å². The molecule has 0 bridgehead atoms. The van der Waals surface area contributed by atoms with E-state index in [-0.39, 0.29) is 23.6 Å². The molecule has 1 saturated heterocycles. The van der Waals surface area contributed by atoms with Gasteiger partial charge in [0.15, 0.2) is 5.76 Å². The number of hydrogen-bond acceptors (Lipinski definition) is 5. The monoisotopic (exact) mass is 344 g/mol. The van der Waals surface area contributed by atoms with E-state index in [9.17, 15) is 18.0 Å². The number of sulfonamides is 1. The molecule has 0 spiro atoms. The third-order valence-electron chi connectivity index (χ3n) is 3.79. The van der Waals surface area contributed by atoms with E-state index in [0.29, 0.717) is 25.9 Å². The Morgan fingerprint density at radius 3 is 2.65 bits per heavy atom. The minimum absolute atomic E-state index is 0.0353. The molecule has 1 fully saturated rings. The quantitative estimate of drug-likeness (QED) is 0.784. The van der Waals surface area contributed by atoms with Gasteiger partial charge in [-0.2, -0.15) is 0 Å². The Balaban J connectivity index is 2.15. The molecule has 0 aliphatic carbocycles. The highest BCUT2D eigenvalue weighted by atomic mass is 32.2. The average Bonchev–Trinajstić information content (AvgIpc) is 3.13. The molecule has 0 aromatic carbocycles. The molecule has 0 saturated carbocycles. The first-order valence-corrected chi connectivity index (χ1v) is 8.98. The van der Waals surface area contributed by atoms with E-state index in [1.807, 2.05) is 0 Å². The van der Waals surface area contributed by atoms with Gasteiger partial charge in [0.2, 0.25) is 10.0 Å². The summed E-state index contributed by atoms with van der Waals surface area (Å²) in [5, 5.41) is 8.43. The molecule has 1 aromatic heterocycles. The molecular weight excluding hydrogens is 324 g/mol. The van der Waals surface area contributed by atoms with Crippen LogP contribution in [0, 0.1) is 0 Å². The molecular formula is C14H20N2O6S. The number of likely N-dealkylation sites (tertiary alicyclic amines) is 1. The van der Waals surface area contributed by atoms with Crippen molar-refractivity contribution in [1.29, 1.82) is 0 Å². The zero-order valence-electron chi connectivity index (χ0n) is 13.0. The van der Waals surface area contributed by atoms with Crippen molar-refractivity contribution in [3.05, 3.63) is 23.2 Å². The van der Waals surface area contributed by atoms with Gasteiger partial charge >= 0.3 is 5.97 Å². The lowest BCUT2D eigenvalue weighted by Crippen LogP contribution is -2.37. The van der Waals surface area contributed by atoms with Crippen molar-refractivity contribution in [3.8, 4) is 0 Å². The first kappa shape index (κ1) is 17.5. The van der Waals surface area contributed by atoms with Crippen molar-refractivity contribution < 1.29 is 27.5 Å². The second-order valence-corrected chi connectivity index (χ2v) is 7.36. The highest BCUT2D eigenvalue weighted by molar-refractivity contribution is 7.90. The first-order chi connectivity index (χ1) is 10.8. The molecule has 128 valence electrons. The van der Waals surface area contributed by atoms with Gasteiger partial charge < -0.3 is 14.4 Å². The van der Waals surface area contributed by atoms with Crippen LogP contribution in [-0.2, 0) is 16.4 Å². The van der Waals surface area contributed by atoms with Gasteiger partial charge in [-0.15, -0.1) is 0 Å². The van der Waals surface area contributed by atoms with Crippen LogP contribution < -0.4 is 4.72 Å². The third kappa shape index (κ3) is 3.56. The fourth-order valence-corrected chi connectivity index (χ4v) is 4.05. The molecule has 2 rings (SSSR count). The largest absolute Gasteiger partial charge is 0.478 e. The number of carbonyl (C=O) groups is 2. The lowest BCUT2D eigenvalue weighted by molar-refractivity contribution is 0.0693. The molecule has 1 unspecified atom stereocenters. The van der Waals surface area contributed by atoms with Gasteiger partial charge in [0.1, 0.15) is 11.3 Å². The summed E-state index contributed by atoms with van der Waals surface area (Å²) in [5.74, 6) is -1.47. The van der Waals surface area contributed by atoms with Crippen LogP contribution in [0.3, 0.4) is 0 Å². The fraction of sp³-hybridized carbons (Fsp3) is 0.571. The third-order valence-corrected chi connectivity index (χ3v) is 5.74. The topological polar surface area (TPSA) is 117 Å². The number of amides is 1. The van der Waals surface area contributed by atoms with Crippen LogP contribution >= 0.6 is 0 Å². The second kappa shape index (κ2) is 6.71. The van der Waals surface area contributed by atoms with Gasteiger partial charge in [-0.3, -0.25) is 4.79 Å². The molecule has 1 amide bonds. The van der Waals surface area contributed by atoms with E-state index in [4.69, 9.17) is 9.52 Å². The van der Waals surface area contributed by atoms with Gasteiger partial charge in [0, 0.05) is 32.1 Å². The van der Waals surface area contributed by atoms with E-state index >= 15 is 0 Å². The summed E-state index contributed by atoms with van der Waals surface area (Å²) in [6.07, 6.45) is 0.695. The zero-order chi connectivity index (χ0) is 17.2. The fourth-order valence-electron chi connectivity index (χ4n) is 2.62. The number of hydrogen-bond donors (Lipinski definition) is 2. The summed E-state index contributed by atoms with van der Waals surface area (Å²) >= 11 is 0. The predicted octanol–water partition coefficient (Wildman–Crippen LogP) is 0.694. The zero-order valence-corrected chi connectivity index (χ0v) is 13.9. The number of carboxylic acid groups (broad SMARTS) is 1. The van der Waals surface area contributed by atoms with E-state index < -0.39 is 27.1 Å². The molecule has 2 heterocycles. The smallest absolute Gasteiger partial charge is 0.339 e. The molecule has 9 heteroatoms. The molecule has 1 aliphatic rings. The molecule has 0 radical (unpaired) electrons. The Kier molecular flexibility index (Phi) is 5.10. The number of aryl methyl sites for hydroxylation is 1. The van der Waals surface area contributed by atoms with Crippen molar-refractivity contribution in [2.75, 3.05) is 19.6 Å². The molecule has 1 aromatic rings. The van der Waals surface area contributed by atoms with Crippen LogP contribution in [0.5, 0.6) is 0 Å². The molecule has 23 heavy (non-hydrogen) atoms. The van der Waals surface area contributed by atoms with Gasteiger partial charge in [0.05, 0.1) is 5.25 Å². The maximum atomic E-state index is 12.4. The Labute approximate surface area is 134 Å². The number of nitrogens with one attached hydrogen (secondary N) is 1. The number of aromatic carboxylic acids is 1. The minimum Gasteiger partial charge on any atom is -0.478 e. The molecule has 8 nitrogen and oxygen atoms in total. The summed E-state index contributed by atoms with van der Waals surface area (Å²) < 4.78 is 31.7. The van der Waals surface area contributed by atoms with E-state index in [2.05, 4.69) is 4.72 Å². The normalized spacial score (nSPS) is 18.3. The van der Waals surface area contributed by atoms with Crippen molar-refractivity contribution >= 4 is 21.9 Å². The molecule has 2 N–H and O–H groups in total. The summed E-state index contributed by atoms with van der Waals surface area (Å²) in [4.78, 5) is 24.9. The summed E-state index contributed by atoms with van der Waals surface area (Å²) in [6.45, 7) is 4.08. The van der Waals surface area contributed by atoms with Crippen LogP contribution in [0.2, 0.25) is 0 Å². The van der Waals surface area contributed by atoms with Crippen molar-refractivity contribution in [2.45, 2.75) is 31.9 Å². The standard InChI is InChI=1S/C14H20N2O6S/c1-3-11-10(14(18)19)7-12(22-11)13(17)16-6-5-9(8-16)23(20,21)15-4-2/h7,9,15H,3-6,8H2,1-2H3,(H,18,19). The maximum absolute atomic E-state index is 12.4. The van der Waals surface area contributed by atoms with Crippen LogP contribution in [0.1, 0.15) is 46.9 Å². The number of carbonyl (C=O) groups excluding carboxylic acids is 1. The SMILES string of the molecule is CCNS(=O)(=O)C1CCN(C(=O)c2cc(C(=O)O)c(CC)o2)C1. The summed E-state index contributed by atoms with van der Waals surface area (Å²) in [6, 6.07) is 1.20. The Hall–Kier alpha value is -1.87. The lowest BCUT2D eigenvalue weighted by Gasteiger charge is -2.15. The highest BCUT2D eigenvalue weighted by Crippen LogP contribution is 2.22. The molecule has 1 atom stereocenters. The number of nitrogens with zero attached hydrogens (tertiary/aromatic N) is 1. The second-order valence-electron chi connectivity index (χ2n) is 5.31. The first-order valence-electron chi connectivity index (χ1n) is 7.43. The van der Waals surface area contributed by atoms with E-state index in [1.54, 1.807) is 13.8 Å². The van der Waals surface area contributed by atoms with Crippen LogP contribution in [-0.4, -0.2) is 55.2 Å².